The summed E-state index contributed by atoms with van der Waals surface area (Å²) < 4.78 is 2.09. The minimum atomic E-state index is 0.134. The lowest BCUT2D eigenvalue weighted by Gasteiger charge is -2.43. The van der Waals surface area contributed by atoms with Gasteiger partial charge in [-0.2, -0.15) is 0 Å². The summed E-state index contributed by atoms with van der Waals surface area (Å²) in [5.74, 6) is 2.19. The normalized spacial score (nSPS) is 19.3. The molecule has 7 heteroatoms. The first kappa shape index (κ1) is 20.1. The number of carbonyl (C=O) groups excluding carboxylic acids is 1. The fourth-order valence-electron chi connectivity index (χ4n) is 5.02. The van der Waals surface area contributed by atoms with Crippen molar-refractivity contribution in [1.29, 1.82) is 0 Å². The number of nitrogens with zero attached hydrogens (tertiary/aromatic N) is 6. The molecule has 2 fully saturated rings. The maximum atomic E-state index is 12.9. The van der Waals surface area contributed by atoms with E-state index in [1.165, 1.54) is 12.0 Å². The molecule has 0 unspecified atom stereocenters. The van der Waals surface area contributed by atoms with Crippen molar-refractivity contribution >= 4 is 28.4 Å². The molecular formula is C26H28N6O. The van der Waals surface area contributed by atoms with Crippen LogP contribution in [0.4, 0.5) is 5.95 Å². The van der Waals surface area contributed by atoms with Crippen LogP contribution in [0.25, 0.3) is 27.9 Å². The number of benzene rings is 2. The number of anilines is 1. The van der Waals surface area contributed by atoms with E-state index in [1.54, 1.807) is 0 Å². The monoisotopic (exact) mass is 440 g/mol. The predicted molar refractivity (Wildman–Crippen MR) is 129 cm³/mol. The lowest BCUT2D eigenvalue weighted by molar-refractivity contribution is -0.140. The Hall–Kier alpha value is -3.48. The summed E-state index contributed by atoms with van der Waals surface area (Å²) in [7, 11) is 0. The van der Waals surface area contributed by atoms with Crippen LogP contribution >= 0.6 is 0 Å². The number of hydrogen-bond donors (Lipinski definition) is 0. The third-order valence-electron chi connectivity index (χ3n) is 7.19. The number of carbonyl (C=O) groups is 1. The molecule has 1 aliphatic carbocycles. The Morgan fingerprint density at radius 1 is 1.00 bits per heavy atom. The molecule has 1 atom stereocenters. The Balaban J connectivity index is 1.44. The third kappa shape index (κ3) is 3.34. The molecule has 2 aromatic carbocycles. The minimum Gasteiger partial charge on any atom is -0.338 e. The first-order valence-electron chi connectivity index (χ1n) is 11.9. The number of para-hydroxylation sites is 1. The molecule has 0 spiro atoms. The van der Waals surface area contributed by atoms with E-state index in [9.17, 15) is 4.79 Å². The summed E-state index contributed by atoms with van der Waals surface area (Å²) in [5, 5.41) is 10.2. The standard InChI is InChI=1S/C26H28N6O/c1-17-10-12-19(13-11-17)23-28-29-24-21-8-3-4-9-22(21)27-26(32(23)24)30-14-15-31(18(2)16-30)25(33)20-6-5-7-20/h3-4,8-13,18,20H,5-7,14-16H2,1-2H3/t18-/m0/s1. The van der Waals surface area contributed by atoms with Crippen molar-refractivity contribution in [3.63, 3.8) is 0 Å². The largest absolute Gasteiger partial charge is 0.338 e. The fourth-order valence-corrected chi connectivity index (χ4v) is 5.02. The molecule has 0 N–H and O–H groups in total. The van der Waals surface area contributed by atoms with Gasteiger partial charge in [0.05, 0.1) is 5.52 Å². The number of amides is 1. The van der Waals surface area contributed by atoms with Crippen LogP contribution in [-0.2, 0) is 4.79 Å². The Kier molecular flexibility index (Phi) is 4.78. The SMILES string of the molecule is Cc1ccc(-c2nnc3c4ccccc4nc(N4CCN(C(=O)C5CCC5)[C@@H](C)C4)n23)cc1. The lowest BCUT2D eigenvalue weighted by Crippen LogP contribution is -2.56. The average molecular weight is 441 g/mol. The Bertz CT molecular complexity index is 1340. The minimum absolute atomic E-state index is 0.134. The molecule has 4 aromatic rings. The molecule has 1 amide bonds. The van der Waals surface area contributed by atoms with Crippen LogP contribution in [-0.4, -0.2) is 56.1 Å². The summed E-state index contributed by atoms with van der Waals surface area (Å²) in [5.41, 5.74) is 3.94. The van der Waals surface area contributed by atoms with Crippen molar-refractivity contribution in [2.24, 2.45) is 5.92 Å². The van der Waals surface area contributed by atoms with Crippen molar-refractivity contribution in [1.82, 2.24) is 24.5 Å². The van der Waals surface area contributed by atoms with E-state index in [0.717, 1.165) is 59.8 Å². The van der Waals surface area contributed by atoms with Gasteiger partial charge in [-0.05, 0) is 38.8 Å². The summed E-state index contributed by atoms with van der Waals surface area (Å²) in [6.45, 7) is 6.43. The van der Waals surface area contributed by atoms with Gasteiger partial charge in [0.2, 0.25) is 11.9 Å². The van der Waals surface area contributed by atoms with Gasteiger partial charge in [-0.25, -0.2) is 9.38 Å². The van der Waals surface area contributed by atoms with Crippen LogP contribution in [0, 0.1) is 12.8 Å². The van der Waals surface area contributed by atoms with Crippen molar-refractivity contribution < 1.29 is 4.79 Å². The molecule has 3 heterocycles. The van der Waals surface area contributed by atoms with Gasteiger partial charge < -0.3 is 9.80 Å². The second kappa shape index (κ2) is 7.83. The molecule has 7 nitrogen and oxygen atoms in total. The molecule has 2 aliphatic rings. The van der Waals surface area contributed by atoms with E-state index in [0.29, 0.717) is 12.5 Å². The molecular weight excluding hydrogens is 412 g/mol. The van der Waals surface area contributed by atoms with Crippen LogP contribution in [0.3, 0.4) is 0 Å². The number of rotatable bonds is 3. The maximum absolute atomic E-state index is 12.9. The number of aromatic nitrogens is 4. The number of hydrogen-bond acceptors (Lipinski definition) is 5. The third-order valence-corrected chi connectivity index (χ3v) is 7.19. The maximum Gasteiger partial charge on any atom is 0.226 e. The molecule has 1 saturated heterocycles. The van der Waals surface area contributed by atoms with Gasteiger partial charge in [-0.15, -0.1) is 10.2 Å². The molecule has 6 rings (SSSR count). The Morgan fingerprint density at radius 2 is 1.79 bits per heavy atom. The summed E-state index contributed by atoms with van der Waals surface area (Å²) in [4.78, 5) is 22.4. The number of fused-ring (bicyclic) bond motifs is 3. The van der Waals surface area contributed by atoms with Gasteiger partial charge in [-0.1, -0.05) is 48.4 Å². The molecule has 168 valence electrons. The molecule has 1 aliphatic heterocycles. The van der Waals surface area contributed by atoms with Gasteiger partial charge in [0.15, 0.2) is 11.5 Å². The molecule has 33 heavy (non-hydrogen) atoms. The highest BCUT2D eigenvalue weighted by Crippen LogP contribution is 2.32. The zero-order valence-electron chi connectivity index (χ0n) is 19.1. The number of aryl methyl sites for hydroxylation is 1. The Labute approximate surface area is 193 Å². The van der Waals surface area contributed by atoms with Gasteiger partial charge in [0.25, 0.3) is 0 Å². The quantitative estimate of drug-likeness (QED) is 0.480. The summed E-state index contributed by atoms with van der Waals surface area (Å²) in [6, 6.07) is 16.6. The van der Waals surface area contributed by atoms with Crippen LogP contribution in [0.5, 0.6) is 0 Å². The van der Waals surface area contributed by atoms with Gasteiger partial charge in [0.1, 0.15) is 0 Å². The van der Waals surface area contributed by atoms with E-state index in [-0.39, 0.29) is 12.0 Å². The molecule has 0 radical (unpaired) electrons. The van der Waals surface area contributed by atoms with E-state index in [2.05, 4.69) is 62.5 Å². The Morgan fingerprint density at radius 3 is 2.52 bits per heavy atom. The average Bonchev–Trinajstić information content (AvgIpc) is 3.23. The van der Waals surface area contributed by atoms with Crippen molar-refractivity contribution in [3.8, 4) is 11.4 Å². The highest BCUT2D eigenvalue weighted by atomic mass is 16.2. The molecule has 2 aromatic heterocycles. The first-order valence-corrected chi connectivity index (χ1v) is 11.9. The second-order valence-corrected chi connectivity index (χ2v) is 9.43. The van der Waals surface area contributed by atoms with Crippen LogP contribution in [0.15, 0.2) is 48.5 Å². The van der Waals surface area contributed by atoms with E-state index < -0.39 is 0 Å². The van der Waals surface area contributed by atoms with Gasteiger partial charge in [-0.3, -0.25) is 4.79 Å². The zero-order chi connectivity index (χ0) is 22.5. The second-order valence-electron chi connectivity index (χ2n) is 9.43. The van der Waals surface area contributed by atoms with Crippen LogP contribution in [0.2, 0.25) is 0 Å². The van der Waals surface area contributed by atoms with Crippen molar-refractivity contribution in [2.45, 2.75) is 39.2 Å². The lowest BCUT2D eigenvalue weighted by atomic mass is 9.84. The summed E-state index contributed by atoms with van der Waals surface area (Å²) in [6.07, 6.45) is 3.26. The topological polar surface area (TPSA) is 66.6 Å². The van der Waals surface area contributed by atoms with E-state index in [1.807, 2.05) is 24.3 Å². The van der Waals surface area contributed by atoms with E-state index in [4.69, 9.17) is 4.98 Å². The van der Waals surface area contributed by atoms with Crippen LogP contribution < -0.4 is 4.90 Å². The molecule has 1 saturated carbocycles. The van der Waals surface area contributed by atoms with E-state index >= 15 is 0 Å². The predicted octanol–water partition coefficient (Wildman–Crippen LogP) is 4.09. The van der Waals surface area contributed by atoms with Crippen molar-refractivity contribution in [2.75, 3.05) is 24.5 Å². The summed E-state index contributed by atoms with van der Waals surface area (Å²) >= 11 is 0. The van der Waals surface area contributed by atoms with Gasteiger partial charge >= 0.3 is 0 Å². The highest BCUT2D eigenvalue weighted by Gasteiger charge is 2.35. The first-order chi connectivity index (χ1) is 16.1. The van der Waals surface area contributed by atoms with Crippen LogP contribution in [0.1, 0.15) is 31.7 Å². The van der Waals surface area contributed by atoms with Crippen molar-refractivity contribution in [3.05, 3.63) is 54.1 Å². The fraction of sp³-hybridized carbons (Fsp3) is 0.385. The van der Waals surface area contributed by atoms with Gasteiger partial charge in [0, 0.05) is 42.5 Å². The number of piperazine rings is 1. The smallest absolute Gasteiger partial charge is 0.226 e. The molecule has 0 bridgehead atoms. The zero-order valence-corrected chi connectivity index (χ0v) is 19.1. The highest BCUT2D eigenvalue weighted by molar-refractivity contribution is 5.93.